The Morgan fingerprint density at radius 1 is 1.48 bits per heavy atom. The van der Waals surface area contributed by atoms with Gasteiger partial charge in [-0.05, 0) is 25.2 Å². The van der Waals surface area contributed by atoms with Gasteiger partial charge in [-0.15, -0.1) is 0 Å². The summed E-state index contributed by atoms with van der Waals surface area (Å²) in [7, 11) is 0. The van der Waals surface area contributed by atoms with Gasteiger partial charge in [0, 0.05) is 5.70 Å². The zero-order chi connectivity index (χ0) is 18.1. The molecular weight excluding hydrogens is 350 g/mol. The first kappa shape index (κ1) is 17.0. The van der Waals surface area contributed by atoms with Crippen molar-refractivity contribution in [3.05, 3.63) is 40.1 Å². The van der Waals surface area contributed by atoms with E-state index in [1.165, 1.54) is 12.1 Å². The van der Waals surface area contributed by atoms with Gasteiger partial charge < -0.3 is 24.8 Å². The molecule has 0 bridgehead atoms. The Morgan fingerprint density at radius 2 is 2.16 bits per heavy atom. The second kappa shape index (κ2) is 6.55. The fraction of sp³-hybridized carbons (Fsp3) is 0.333. The molecule has 2 aliphatic rings. The third-order valence-electron chi connectivity index (χ3n) is 3.86. The van der Waals surface area contributed by atoms with Crippen molar-refractivity contribution in [3.8, 4) is 11.5 Å². The average molecular weight is 365 g/mol. The van der Waals surface area contributed by atoms with Crippen LogP contribution >= 0.6 is 12.2 Å². The smallest absolute Gasteiger partial charge is 0.317 e. The van der Waals surface area contributed by atoms with Crippen LogP contribution in [0.2, 0.25) is 0 Å². The number of esters is 1. The lowest BCUT2D eigenvalue weighted by Gasteiger charge is -2.34. The fourth-order valence-corrected chi connectivity index (χ4v) is 3.07. The van der Waals surface area contributed by atoms with Gasteiger partial charge in [0.05, 0.1) is 29.2 Å². The first-order valence-corrected chi connectivity index (χ1v) is 7.84. The zero-order valence-electron chi connectivity index (χ0n) is 13.2. The molecule has 0 aromatic heterocycles. The molecule has 1 aromatic rings. The number of nitro benzene ring substituents is 1. The van der Waals surface area contributed by atoms with E-state index in [2.05, 4.69) is 17.2 Å². The predicted octanol–water partition coefficient (Wildman–Crippen LogP) is 1.54. The molecule has 0 spiro atoms. The third kappa shape index (κ3) is 3.07. The van der Waals surface area contributed by atoms with E-state index in [0.717, 1.165) is 0 Å². The summed E-state index contributed by atoms with van der Waals surface area (Å²) in [5.74, 6) is -0.823. The average Bonchev–Trinajstić information content (AvgIpc) is 3.00. The van der Waals surface area contributed by atoms with E-state index in [4.69, 9.17) is 26.4 Å². The number of nitrogens with one attached hydrogen (secondary N) is 2. The normalized spacial score (nSPS) is 21.3. The molecule has 2 aliphatic heterocycles. The number of carbonyl (C=O) groups is 1. The highest BCUT2D eigenvalue weighted by Gasteiger charge is 2.41. The van der Waals surface area contributed by atoms with E-state index >= 15 is 0 Å². The molecule has 1 saturated heterocycles. The van der Waals surface area contributed by atoms with Gasteiger partial charge in [-0.3, -0.25) is 14.9 Å². The Labute approximate surface area is 148 Å². The minimum atomic E-state index is -0.897. The quantitative estimate of drug-likeness (QED) is 0.355. The Morgan fingerprint density at radius 3 is 2.80 bits per heavy atom. The van der Waals surface area contributed by atoms with Crippen molar-refractivity contribution in [3.63, 3.8) is 0 Å². The molecule has 9 nitrogen and oxygen atoms in total. The van der Waals surface area contributed by atoms with Crippen LogP contribution in [0.25, 0.3) is 0 Å². The number of ether oxygens (including phenoxy) is 3. The number of benzene rings is 1. The van der Waals surface area contributed by atoms with Gasteiger partial charge in [-0.25, -0.2) is 0 Å². The molecule has 132 valence electrons. The Hall–Kier alpha value is -2.88. The standard InChI is InChI=1S/C15H15N3O6S/c1-3-22-14(19)12-7(2)16-15(25)17-13(12)8-4-10-11(24-6-23-10)5-9(8)18(20)21/h4-5,12-13H,2-3,6H2,1H3,(H2,16,17,25)/t12-,13+/m1/s1. The molecule has 25 heavy (non-hydrogen) atoms. The van der Waals surface area contributed by atoms with E-state index in [9.17, 15) is 14.9 Å². The molecular formula is C15H15N3O6S. The highest BCUT2D eigenvalue weighted by molar-refractivity contribution is 7.80. The van der Waals surface area contributed by atoms with Crippen molar-refractivity contribution in [2.75, 3.05) is 13.4 Å². The van der Waals surface area contributed by atoms with Crippen LogP contribution in [0.5, 0.6) is 11.5 Å². The van der Waals surface area contributed by atoms with Crippen LogP contribution in [-0.4, -0.2) is 29.4 Å². The lowest BCUT2D eigenvalue weighted by molar-refractivity contribution is -0.385. The van der Waals surface area contributed by atoms with Gasteiger partial charge >= 0.3 is 5.97 Å². The summed E-state index contributed by atoms with van der Waals surface area (Å²) in [4.78, 5) is 23.4. The maximum atomic E-state index is 12.4. The van der Waals surface area contributed by atoms with Gasteiger partial charge in [0.25, 0.3) is 5.69 Å². The lowest BCUT2D eigenvalue weighted by atomic mass is 9.88. The number of nitro groups is 1. The summed E-state index contributed by atoms with van der Waals surface area (Å²) in [5, 5.41) is 17.4. The first-order valence-electron chi connectivity index (χ1n) is 7.43. The highest BCUT2D eigenvalue weighted by Crippen LogP contribution is 2.43. The number of thiocarbonyl (C=S) groups is 1. The number of nitrogens with zero attached hydrogens (tertiary/aromatic N) is 1. The number of rotatable bonds is 4. The predicted molar refractivity (Wildman–Crippen MR) is 90.1 cm³/mol. The van der Waals surface area contributed by atoms with Crippen LogP contribution in [-0.2, 0) is 9.53 Å². The minimum absolute atomic E-state index is 0.0258. The monoisotopic (exact) mass is 365 g/mol. The molecule has 0 amide bonds. The van der Waals surface area contributed by atoms with Crippen molar-refractivity contribution < 1.29 is 23.9 Å². The van der Waals surface area contributed by atoms with Crippen molar-refractivity contribution >= 4 is 29.0 Å². The second-order valence-corrected chi connectivity index (χ2v) is 5.76. The van der Waals surface area contributed by atoms with Gasteiger partial charge in [-0.2, -0.15) is 0 Å². The van der Waals surface area contributed by atoms with Crippen LogP contribution in [0.15, 0.2) is 24.4 Å². The molecule has 0 aliphatic carbocycles. The fourth-order valence-electron chi connectivity index (χ4n) is 2.81. The van der Waals surface area contributed by atoms with Crippen molar-refractivity contribution in [1.82, 2.24) is 10.6 Å². The second-order valence-electron chi connectivity index (χ2n) is 5.35. The molecule has 2 N–H and O–H groups in total. The summed E-state index contributed by atoms with van der Waals surface area (Å²) < 4.78 is 15.6. The molecule has 10 heteroatoms. The third-order valence-corrected chi connectivity index (χ3v) is 4.08. The van der Waals surface area contributed by atoms with E-state index < -0.39 is 22.9 Å². The first-order chi connectivity index (χ1) is 11.9. The molecule has 1 fully saturated rings. The van der Waals surface area contributed by atoms with Crippen molar-refractivity contribution in [2.45, 2.75) is 13.0 Å². The summed E-state index contributed by atoms with van der Waals surface area (Å²) in [6.07, 6.45) is 0. The SMILES string of the molecule is C=C1NC(=S)N[C@@H](c2cc3c(cc2[N+](=O)[O-])OCO3)[C@@H]1C(=O)OCC. The number of carbonyl (C=O) groups excluding carboxylic acids is 1. The molecule has 0 saturated carbocycles. The van der Waals surface area contributed by atoms with Crippen molar-refractivity contribution in [2.24, 2.45) is 5.92 Å². The van der Waals surface area contributed by atoms with Crippen LogP contribution in [0.4, 0.5) is 5.69 Å². The molecule has 2 atom stereocenters. The van der Waals surface area contributed by atoms with Crippen molar-refractivity contribution in [1.29, 1.82) is 0 Å². The summed E-state index contributed by atoms with van der Waals surface area (Å²) in [6.45, 7) is 5.62. The van der Waals surface area contributed by atoms with Crippen LogP contribution in [0, 0.1) is 16.0 Å². The molecule has 2 heterocycles. The van der Waals surface area contributed by atoms with Crippen LogP contribution in [0.1, 0.15) is 18.5 Å². The summed E-state index contributed by atoms with van der Waals surface area (Å²) >= 11 is 5.11. The minimum Gasteiger partial charge on any atom is -0.465 e. The molecule has 0 radical (unpaired) electrons. The van der Waals surface area contributed by atoms with Crippen LogP contribution in [0.3, 0.4) is 0 Å². The molecule has 3 rings (SSSR count). The van der Waals surface area contributed by atoms with Gasteiger partial charge in [0.2, 0.25) is 6.79 Å². The van der Waals surface area contributed by atoms with E-state index in [1.807, 2.05) is 0 Å². The van der Waals surface area contributed by atoms with E-state index in [0.29, 0.717) is 11.4 Å². The number of hydrogen-bond donors (Lipinski definition) is 2. The zero-order valence-corrected chi connectivity index (χ0v) is 14.1. The summed E-state index contributed by atoms with van der Waals surface area (Å²) in [5.41, 5.74) is 0.324. The Kier molecular flexibility index (Phi) is 4.45. The highest BCUT2D eigenvalue weighted by atomic mass is 32.1. The van der Waals surface area contributed by atoms with E-state index in [1.54, 1.807) is 6.92 Å². The van der Waals surface area contributed by atoms with Gasteiger partial charge in [0.15, 0.2) is 16.6 Å². The summed E-state index contributed by atoms with van der Waals surface area (Å²) in [6, 6.07) is 1.93. The lowest BCUT2D eigenvalue weighted by Crippen LogP contribution is -2.51. The van der Waals surface area contributed by atoms with E-state index in [-0.39, 0.29) is 35.5 Å². The topological polar surface area (TPSA) is 112 Å². The molecule has 1 aromatic carbocycles. The van der Waals surface area contributed by atoms with Crippen LogP contribution < -0.4 is 20.1 Å². The molecule has 0 unspecified atom stereocenters. The maximum absolute atomic E-state index is 12.4. The number of hydrogen-bond acceptors (Lipinski definition) is 7. The Balaban J connectivity index is 2.10. The largest absolute Gasteiger partial charge is 0.465 e. The van der Waals surface area contributed by atoms with Gasteiger partial charge in [0.1, 0.15) is 5.92 Å². The Bertz CT molecular complexity index is 781. The van der Waals surface area contributed by atoms with Gasteiger partial charge in [-0.1, -0.05) is 6.58 Å². The number of fused-ring (bicyclic) bond motifs is 1. The maximum Gasteiger partial charge on any atom is 0.317 e.